The molecule has 0 atom stereocenters. The SMILES string of the molecule is CCc1nc(N)cc(Sc2nnc(C)s2)n1. The number of hydrogen-bond acceptors (Lipinski definition) is 7. The van der Waals surface area contributed by atoms with Gasteiger partial charge in [-0.3, -0.25) is 0 Å². The number of anilines is 1. The lowest BCUT2D eigenvalue weighted by atomic mass is 10.4. The van der Waals surface area contributed by atoms with Crippen molar-refractivity contribution in [3.05, 3.63) is 16.9 Å². The van der Waals surface area contributed by atoms with Gasteiger partial charge in [0.2, 0.25) is 0 Å². The molecule has 0 bridgehead atoms. The van der Waals surface area contributed by atoms with Gasteiger partial charge < -0.3 is 5.73 Å². The molecule has 2 N–H and O–H groups in total. The Morgan fingerprint density at radius 2 is 2.19 bits per heavy atom. The number of rotatable bonds is 3. The molecule has 5 nitrogen and oxygen atoms in total. The van der Waals surface area contributed by atoms with Gasteiger partial charge in [-0.15, -0.1) is 10.2 Å². The summed E-state index contributed by atoms with van der Waals surface area (Å²) in [5.41, 5.74) is 5.70. The minimum atomic E-state index is 0.496. The minimum absolute atomic E-state index is 0.496. The van der Waals surface area contributed by atoms with E-state index < -0.39 is 0 Å². The first-order valence-corrected chi connectivity index (χ1v) is 6.42. The lowest BCUT2D eigenvalue weighted by Crippen LogP contribution is -1.99. The molecule has 0 saturated carbocycles. The Bertz CT molecular complexity index is 496. The topological polar surface area (TPSA) is 77.6 Å². The number of nitrogen functional groups attached to an aromatic ring is 1. The summed E-state index contributed by atoms with van der Waals surface area (Å²) in [7, 11) is 0. The Kier molecular flexibility index (Phi) is 3.35. The third-order valence-electron chi connectivity index (χ3n) is 1.78. The molecule has 7 heteroatoms. The van der Waals surface area contributed by atoms with Crippen LogP contribution in [-0.2, 0) is 6.42 Å². The van der Waals surface area contributed by atoms with E-state index >= 15 is 0 Å². The first-order valence-electron chi connectivity index (χ1n) is 4.78. The highest BCUT2D eigenvalue weighted by Gasteiger charge is 2.07. The third-order valence-corrected chi connectivity index (χ3v) is 3.59. The second-order valence-corrected chi connectivity index (χ2v) is 5.54. The van der Waals surface area contributed by atoms with Crippen molar-refractivity contribution < 1.29 is 0 Å². The lowest BCUT2D eigenvalue weighted by molar-refractivity contribution is 0.892. The van der Waals surface area contributed by atoms with Crippen molar-refractivity contribution in [2.75, 3.05) is 5.73 Å². The van der Waals surface area contributed by atoms with Gasteiger partial charge in [0.05, 0.1) is 0 Å². The molecule has 16 heavy (non-hydrogen) atoms. The fourth-order valence-electron chi connectivity index (χ4n) is 1.11. The van der Waals surface area contributed by atoms with Gasteiger partial charge in [0.1, 0.15) is 21.7 Å². The van der Waals surface area contributed by atoms with Gasteiger partial charge in [0, 0.05) is 12.5 Å². The number of nitrogens with two attached hydrogens (primary N) is 1. The van der Waals surface area contributed by atoms with E-state index in [0.717, 1.165) is 26.6 Å². The lowest BCUT2D eigenvalue weighted by Gasteiger charge is -2.01. The van der Waals surface area contributed by atoms with Crippen LogP contribution in [-0.4, -0.2) is 20.2 Å². The molecule has 0 amide bonds. The van der Waals surface area contributed by atoms with Crippen LogP contribution >= 0.6 is 23.1 Å². The molecule has 2 heterocycles. The maximum Gasteiger partial charge on any atom is 0.180 e. The summed E-state index contributed by atoms with van der Waals surface area (Å²) in [5.74, 6) is 1.25. The average molecular weight is 253 g/mol. The largest absolute Gasteiger partial charge is 0.384 e. The first kappa shape index (κ1) is 11.3. The Hall–Kier alpha value is -1.21. The first-order chi connectivity index (χ1) is 7.67. The molecule has 0 saturated heterocycles. The number of aryl methyl sites for hydroxylation is 2. The zero-order valence-electron chi connectivity index (χ0n) is 8.97. The predicted molar refractivity (Wildman–Crippen MR) is 64.6 cm³/mol. The Balaban J connectivity index is 2.24. The fourth-order valence-corrected chi connectivity index (χ4v) is 2.90. The van der Waals surface area contributed by atoms with Gasteiger partial charge in [0.25, 0.3) is 0 Å². The van der Waals surface area contributed by atoms with Crippen LogP contribution in [0.1, 0.15) is 17.8 Å². The Morgan fingerprint density at radius 3 is 2.81 bits per heavy atom. The van der Waals surface area contributed by atoms with Gasteiger partial charge in [-0.05, 0) is 18.7 Å². The van der Waals surface area contributed by atoms with Crippen LogP contribution in [0.25, 0.3) is 0 Å². The maximum absolute atomic E-state index is 5.70. The van der Waals surface area contributed by atoms with Crippen molar-refractivity contribution in [2.24, 2.45) is 0 Å². The number of hydrogen-bond donors (Lipinski definition) is 1. The summed E-state index contributed by atoms with van der Waals surface area (Å²) < 4.78 is 0.873. The second-order valence-electron chi connectivity index (χ2n) is 3.09. The molecule has 0 aromatic carbocycles. The standard InChI is InChI=1S/C9H11N5S2/c1-3-7-11-6(10)4-8(12-7)16-9-14-13-5(2)15-9/h4H,3H2,1-2H3,(H2,10,11,12). The zero-order chi connectivity index (χ0) is 11.5. The van der Waals surface area contributed by atoms with Crippen LogP contribution in [0.5, 0.6) is 0 Å². The molecular weight excluding hydrogens is 242 g/mol. The summed E-state index contributed by atoms with van der Waals surface area (Å²) in [6.07, 6.45) is 0.772. The average Bonchev–Trinajstić information content (AvgIpc) is 2.63. The second kappa shape index (κ2) is 4.75. The summed E-state index contributed by atoms with van der Waals surface area (Å²) in [6, 6.07) is 1.75. The molecule has 0 aliphatic rings. The van der Waals surface area contributed by atoms with E-state index in [1.54, 1.807) is 17.4 Å². The molecule has 84 valence electrons. The van der Waals surface area contributed by atoms with Crippen molar-refractivity contribution in [3.63, 3.8) is 0 Å². The van der Waals surface area contributed by atoms with E-state index in [1.807, 2.05) is 13.8 Å². The quantitative estimate of drug-likeness (QED) is 0.842. The van der Waals surface area contributed by atoms with E-state index in [9.17, 15) is 0 Å². The van der Waals surface area contributed by atoms with E-state index in [0.29, 0.717) is 5.82 Å². The van der Waals surface area contributed by atoms with Crippen LogP contribution in [0.3, 0.4) is 0 Å². The fraction of sp³-hybridized carbons (Fsp3) is 0.333. The number of aromatic nitrogens is 4. The molecule has 2 aromatic rings. The highest BCUT2D eigenvalue weighted by atomic mass is 32.2. The Morgan fingerprint density at radius 1 is 1.38 bits per heavy atom. The highest BCUT2D eigenvalue weighted by Crippen LogP contribution is 2.29. The molecular formula is C9H11N5S2. The van der Waals surface area contributed by atoms with E-state index in [-0.39, 0.29) is 0 Å². The molecule has 0 aliphatic heterocycles. The summed E-state index contributed by atoms with van der Waals surface area (Å²) in [4.78, 5) is 8.49. The minimum Gasteiger partial charge on any atom is -0.384 e. The van der Waals surface area contributed by atoms with Crippen LogP contribution in [0.15, 0.2) is 15.4 Å². The molecule has 0 radical (unpaired) electrons. The van der Waals surface area contributed by atoms with Crippen LogP contribution in [0.2, 0.25) is 0 Å². The number of nitrogens with zero attached hydrogens (tertiary/aromatic N) is 4. The van der Waals surface area contributed by atoms with Crippen LogP contribution in [0.4, 0.5) is 5.82 Å². The van der Waals surface area contributed by atoms with Crippen molar-refractivity contribution in [1.29, 1.82) is 0 Å². The van der Waals surface area contributed by atoms with Crippen molar-refractivity contribution in [3.8, 4) is 0 Å². The van der Waals surface area contributed by atoms with Crippen molar-refractivity contribution >= 4 is 28.9 Å². The van der Waals surface area contributed by atoms with E-state index in [2.05, 4.69) is 20.2 Å². The summed E-state index contributed by atoms with van der Waals surface area (Å²) in [5, 5.41) is 9.74. The van der Waals surface area contributed by atoms with Gasteiger partial charge >= 0.3 is 0 Å². The van der Waals surface area contributed by atoms with E-state index in [4.69, 9.17) is 5.73 Å². The van der Waals surface area contributed by atoms with Crippen LogP contribution in [0, 0.1) is 6.92 Å². The predicted octanol–water partition coefficient (Wildman–Crippen LogP) is 1.93. The summed E-state index contributed by atoms with van der Waals surface area (Å²) in [6.45, 7) is 3.92. The zero-order valence-corrected chi connectivity index (χ0v) is 10.6. The van der Waals surface area contributed by atoms with Crippen molar-refractivity contribution in [2.45, 2.75) is 29.6 Å². The molecule has 0 fully saturated rings. The van der Waals surface area contributed by atoms with Gasteiger partial charge in [0.15, 0.2) is 4.34 Å². The van der Waals surface area contributed by atoms with Gasteiger partial charge in [-0.1, -0.05) is 18.3 Å². The maximum atomic E-state index is 5.70. The van der Waals surface area contributed by atoms with Crippen molar-refractivity contribution in [1.82, 2.24) is 20.2 Å². The van der Waals surface area contributed by atoms with E-state index in [1.165, 1.54) is 11.8 Å². The normalized spacial score (nSPS) is 10.6. The van der Waals surface area contributed by atoms with Gasteiger partial charge in [-0.2, -0.15) is 0 Å². The third kappa shape index (κ3) is 2.67. The molecule has 2 aromatic heterocycles. The Labute approximate surface area is 102 Å². The molecule has 0 spiro atoms. The monoisotopic (exact) mass is 253 g/mol. The smallest absolute Gasteiger partial charge is 0.180 e. The molecule has 2 rings (SSSR count). The van der Waals surface area contributed by atoms with Crippen LogP contribution < -0.4 is 5.73 Å². The molecule has 0 unspecified atom stereocenters. The summed E-state index contributed by atoms with van der Waals surface area (Å²) >= 11 is 3.01. The van der Waals surface area contributed by atoms with Gasteiger partial charge in [-0.25, -0.2) is 9.97 Å². The molecule has 0 aliphatic carbocycles. The highest BCUT2D eigenvalue weighted by molar-refractivity contribution is 8.01.